The fraction of sp³-hybridized carbons (Fsp3) is 0.259. The molecule has 3 aromatic rings. The highest BCUT2D eigenvalue weighted by atomic mass is 32.2. The molecule has 176 valence electrons. The number of amides is 1. The van der Waals surface area contributed by atoms with E-state index in [1.807, 2.05) is 44.2 Å². The highest BCUT2D eigenvalue weighted by molar-refractivity contribution is 8.05. The van der Waals surface area contributed by atoms with Crippen LogP contribution in [0.25, 0.3) is 11.8 Å². The molecule has 4 rings (SSSR count). The number of rotatable bonds is 7. The Labute approximate surface area is 204 Å². The quantitative estimate of drug-likeness (QED) is 0.352. The minimum atomic E-state index is -0.325. The second kappa shape index (κ2) is 10.2. The topological polar surface area (TPSA) is 72.4 Å². The fourth-order valence-electron chi connectivity index (χ4n) is 3.99. The number of nitrogens with one attached hydrogen (secondary N) is 2. The number of nitrogens with zero attached hydrogens (tertiary/aromatic N) is 1. The van der Waals surface area contributed by atoms with Crippen molar-refractivity contribution in [3.63, 3.8) is 0 Å². The van der Waals surface area contributed by atoms with Gasteiger partial charge in [0.2, 0.25) is 0 Å². The molecule has 1 atom stereocenters. The van der Waals surface area contributed by atoms with Gasteiger partial charge in [-0.15, -0.1) is 0 Å². The Morgan fingerprint density at radius 3 is 2.47 bits per heavy atom. The van der Waals surface area contributed by atoms with Gasteiger partial charge in [0.1, 0.15) is 0 Å². The number of hydrogen-bond donors (Lipinski definition) is 2. The summed E-state index contributed by atoms with van der Waals surface area (Å²) in [7, 11) is 0. The summed E-state index contributed by atoms with van der Waals surface area (Å²) in [6.07, 6.45) is 2.93. The van der Waals surface area contributed by atoms with Crippen LogP contribution in [0.4, 0.5) is 5.69 Å². The van der Waals surface area contributed by atoms with Crippen LogP contribution in [-0.4, -0.2) is 28.5 Å². The molecule has 2 aromatic carbocycles. The fourth-order valence-corrected chi connectivity index (χ4v) is 4.96. The Bertz CT molecular complexity index is 1230. The molecule has 34 heavy (non-hydrogen) atoms. The minimum Gasteiger partial charge on any atom is -0.462 e. The average molecular weight is 476 g/mol. The van der Waals surface area contributed by atoms with E-state index in [4.69, 9.17) is 4.74 Å². The number of hydrogen-bond acceptors (Lipinski definition) is 5. The highest BCUT2D eigenvalue weighted by Gasteiger charge is 2.27. The zero-order valence-corrected chi connectivity index (χ0v) is 20.7. The third-order valence-electron chi connectivity index (χ3n) is 5.78. The van der Waals surface area contributed by atoms with E-state index < -0.39 is 0 Å². The van der Waals surface area contributed by atoms with E-state index in [1.165, 1.54) is 17.3 Å². The molecule has 0 radical (unpaired) electrons. The molecule has 1 fully saturated rings. The summed E-state index contributed by atoms with van der Waals surface area (Å²) >= 11 is 1.48. The van der Waals surface area contributed by atoms with Crippen LogP contribution in [0.15, 0.2) is 59.5 Å². The van der Waals surface area contributed by atoms with E-state index in [0.717, 1.165) is 34.7 Å². The molecule has 0 unspecified atom stereocenters. The van der Waals surface area contributed by atoms with Crippen molar-refractivity contribution in [2.24, 2.45) is 0 Å². The molecule has 1 aromatic heterocycles. The molecular weight excluding hydrogens is 446 g/mol. The van der Waals surface area contributed by atoms with Crippen molar-refractivity contribution < 1.29 is 14.3 Å². The van der Waals surface area contributed by atoms with Gasteiger partial charge in [0.05, 0.1) is 17.1 Å². The lowest BCUT2D eigenvalue weighted by atomic mass is 10.1. The number of aromatic nitrogens is 1. The molecule has 2 N–H and O–H groups in total. The Morgan fingerprint density at radius 2 is 1.82 bits per heavy atom. The van der Waals surface area contributed by atoms with Crippen LogP contribution in [0.5, 0.6) is 0 Å². The Kier molecular flexibility index (Phi) is 7.12. The second-order valence-corrected chi connectivity index (χ2v) is 9.25. The van der Waals surface area contributed by atoms with E-state index >= 15 is 0 Å². The van der Waals surface area contributed by atoms with E-state index in [1.54, 1.807) is 19.1 Å². The summed E-state index contributed by atoms with van der Waals surface area (Å²) in [6.45, 7) is 8.32. The van der Waals surface area contributed by atoms with Gasteiger partial charge < -0.3 is 19.9 Å². The molecule has 0 saturated carbocycles. The van der Waals surface area contributed by atoms with E-state index in [9.17, 15) is 9.59 Å². The highest BCUT2D eigenvalue weighted by Crippen LogP contribution is 2.32. The summed E-state index contributed by atoms with van der Waals surface area (Å²) in [4.78, 5) is 25.2. The van der Waals surface area contributed by atoms with Gasteiger partial charge in [-0.25, -0.2) is 4.79 Å². The van der Waals surface area contributed by atoms with Crippen molar-refractivity contribution in [3.05, 3.63) is 87.6 Å². The smallest absolute Gasteiger partial charge is 0.338 e. The normalized spacial score (nSPS) is 16.5. The van der Waals surface area contributed by atoms with Crippen LogP contribution in [0, 0.1) is 13.8 Å². The zero-order chi connectivity index (χ0) is 24.2. The van der Waals surface area contributed by atoms with E-state index in [0.29, 0.717) is 17.1 Å². The van der Waals surface area contributed by atoms with Crippen LogP contribution in [-0.2, 0) is 16.0 Å². The lowest BCUT2D eigenvalue weighted by molar-refractivity contribution is -0.116. The minimum absolute atomic E-state index is 0.0868. The van der Waals surface area contributed by atoms with Gasteiger partial charge in [0.25, 0.3) is 5.91 Å². The first kappa shape index (κ1) is 23.7. The van der Waals surface area contributed by atoms with E-state index in [-0.39, 0.29) is 17.4 Å². The SMILES string of the molecule is CCOC(=O)c1ccc(-n2c(C)cc(/C=C3\S[C@@H](Nc4ccc(CC)cc4)NC3=O)c2C)cc1. The third kappa shape index (κ3) is 5.04. The molecule has 1 amide bonds. The van der Waals surface area contributed by atoms with Gasteiger partial charge in [-0.1, -0.05) is 30.8 Å². The second-order valence-electron chi connectivity index (χ2n) is 8.10. The summed E-state index contributed by atoms with van der Waals surface area (Å²) < 4.78 is 7.18. The first-order valence-electron chi connectivity index (χ1n) is 11.4. The predicted octanol–water partition coefficient (Wildman–Crippen LogP) is 5.43. The number of carbonyl (C=O) groups is 2. The standard InChI is InChI=1S/C27H29N3O3S/c1-5-19-7-11-22(12-8-19)28-27-29-25(31)24(34-27)16-21-15-17(3)30(18(21)4)23-13-9-20(10-14-23)26(32)33-6-2/h7-16,27-28H,5-6H2,1-4H3,(H,29,31)/b24-16-/t27-/m0/s1. The Hall–Kier alpha value is -3.45. The first-order chi connectivity index (χ1) is 16.4. The van der Waals surface area contributed by atoms with Gasteiger partial charge in [0.15, 0.2) is 5.50 Å². The number of ether oxygens (including phenoxy) is 1. The number of anilines is 1. The molecule has 1 aliphatic heterocycles. The maximum atomic E-state index is 12.6. The van der Waals surface area contributed by atoms with Crippen molar-refractivity contribution in [1.29, 1.82) is 0 Å². The molecule has 7 heteroatoms. The largest absolute Gasteiger partial charge is 0.462 e. The maximum Gasteiger partial charge on any atom is 0.338 e. The van der Waals surface area contributed by atoms with Crippen molar-refractivity contribution in [3.8, 4) is 5.69 Å². The van der Waals surface area contributed by atoms with Gasteiger partial charge >= 0.3 is 5.97 Å². The summed E-state index contributed by atoms with van der Waals surface area (Å²) in [6, 6.07) is 17.7. The van der Waals surface area contributed by atoms with Gasteiger partial charge in [-0.2, -0.15) is 0 Å². The molecule has 0 bridgehead atoms. The van der Waals surface area contributed by atoms with Crippen molar-refractivity contribution in [2.75, 3.05) is 11.9 Å². The predicted molar refractivity (Wildman–Crippen MR) is 138 cm³/mol. The van der Waals surface area contributed by atoms with Crippen molar-refractivity contribution in [1.82, 2.24) is 9.88 Å². The van der Waals surface area contributed by atoms with E-state index in [2.05, 4.69) is 40.3 Å². The summed E-state index contributed by atoms with van der Waals surface area (Å²) in [5.41, 5.74) is 6.56. The summed E-state index contributed by atoms with van der Waals surface area (Å²) in [5, 5.41) is 6.36. The lowest BCUT2D eigenvalue weighted by Gasteiger charge is -2.12. The first-order valence-corrected chi connectivity index (χ1v) is 12.3. The number of carbonyl (C=O) groups excluding carboxylic acids is 2. The Balaban J connectivity index is 1.51. The molecule has 2 heterocycles. The van der Waals surface area contributed by atoms with Crippen LogP contribution < -0.4 is 10.6 Å². The van der Waals surface area contributed by atoms with Gasteiger partial charge in [-0.3, -0.25) is 4.79 Å². The lowest BCUT2D eigenvalue weighted by Crippen LogP contribution is -2.30. The maximum absolute atomic E-state index is 12.6. The molecule has 1 saturated heterocycles. The van der Waals surface area contributed by atoms with Gasteiger partial charge in [-0.05, 0) is 86.9 Å². The van der Waals surface area contributed by atoms with Crippen molar-refractivity contribution >= 4 is 35.4 Å². The van der Waals surface area contributed by atoms with Crippen molar-refractivity contribution in [2.45, 2.75) is 39.6 Å². The molecule has 0 aliphatic carbocycles. The third-order valence-corrected chi connectivity index (χ3v) is 6.81. The summed E-state index contributed by atoms with van der Waals surface area (Å²) in [5.74, 6) is -0.412. The molecular formula is C27H29N3O3S. The molecule has 1 aliphatic rings. The Morgan fingerprint density at radius 1 is 1.12 bits per heavy atom. The number of aryl methyl sites for hydroxylation is 2. The molecule has 6 nitrogen and oxygen atoms in total. The average Bonchev–Trinajstić information content (AvgIpc) is 3.32. The van der Waals surface area contributed by atoms with Crippen LogP contribution >= 0.6 is 11.8 Å². The number of benzene rings is 2. The zero-order valence-electron chi connectivity index (χ0n) is 19.8. The van der Waals surface area contributed by atoms with Gasteiger partial charge in [0, 0.05) is 22.8 Å². The molecule has 0 spiro atoms. The van der Waals surface area contributed by atoms with Crippen LogP contribution in [0.3, 0.4) is 0 Å². The van der Waals surface area contributed by atoms with Crippen LogP contribution in [0.1, 0.15) is 46.7 Å². The number of thioether (sulfide) groups is 1. The van der Waals surface area contributed by atoms with Crippen LogP contribution in [0.2, 0.25) is 0 Å². The number of esters is 1. The monoisotopic (exact) mass is 475 g/mol.